The van der Waals surface area contributed by atoms with Crippen LogP contribution in [0, 0.1) is 0 Å². The number of benzene rings is 1. The monoisotopic (exact) mass is 300 g/mol. The molecular weight excluding hydrogens is 280 g/mol. The number of ether oxygens (including phenoxy) is 1. The topological polar surface area (TPSA) is 76.1 Å². The highest BCUT2D eigenvalue weighted by Crippen LogP contribution is 2.21. The number of aromatic nitrogens is 2. The van der Waals surface area contributed by atoms with E-state index in [1.54, 1.807) is 19.2 Å². The van der Waals surface area contributed by atoms with Crippen LogP contribution in [-0.2, 0) is 0 Å². The van der Waals surface area contributed by atoms with E-state index in [4.69, 9.17) is 4.74 Å². The van der Waals surface area contributed by atoms with Crippen molar-refractivity contribution in [2.24, 2.45) is 0 Å². The van der Waals surface area contributed by atoms with Crippen molar-refractivity contribution in [1.29, 1.82) is 0 Å². The maximum Gasteiger partial charge on any atom is 0.271 e. The molecule has 0 aliphatic heterocycles. The Hall–Kier alpha value is -2.63. The van der Waals surface area contributed by atoms with Gasteiger partial charge in [0.05, 0.1) is 12.6 Å². The molecule has 2 aromatic rings. The molecule has 1 heterocycles. The summed E-state index contributed by atoms with van der Waals surface area (Å²) in [7, 11) is 1.56. The number of carbonyl (C=O) groups excluding carboxylic acids is 1. The minimum Gasteiger partial charge on any atom is -0.494 e. The summed E-state index contributed by atoms with van der Waals surface area (Å²) in [6.45, 7) is 4.62. The predicted molar refractivity (Wildman–Crippen MR) is 85.1 cm³/mol. The lowest BCUT2D eigenvalue weighted by molar-refractivity contribution is 0.0957. The van der Waals surface area contributed by atoms with Gasteiger partial charge in [0, 0.05) is 7.05 Å². The van der Waals surface area contributed by atoms with E-state index in [1.165, 1.54) is 0 Å². The Morgan fingerprint density at radius 1 is 1.27 bits per heavy atom. The Morgan fingerprint density at radius 3 is 2.73 bits per heavy atom. The van der Waals surface area contributed by atoms with E-state index >= 15 is 0 Å². The molecule has 1 unspecified atom stereocenters. The summed E-state index contributed by atoms with van der Waals surface area (Å²) < 4.78 is 5.50. The zero-order chi connectivity index (χ0) is 15.9. The maximum absolute atomic E-state index is 11.4. The number of rotatable bonds is 6. The average molecular weight is 300 g/mol. The first kappa shape index (κ1) is 15.8. The first-order valence-electron chi connectivity index (χ1n) is 7.19. The van der Waals surface area contributed by atoms with Crippen LogP contribution in [0.1, 0.15) is 35.9 Å². The van der Waals surface area contributed by atoms with Gasteiger partial charge in [-0.25, -0.2) is 0 Å². The Kier molecular flexibility index (Phi) is 5.30. The molecule has 116 valence electrons. The van der Waals surface area contributed by atoms with Crippen LogP contribution >= 0.6 is 0 Å². The first-order chi connectivity index (χ1) is 10.6. The molecule has 6 heteroatoms. The van der Waals surface area contributed by atoms with Crippen molar-refractivity contribution in [3.63, 3.8) is 0 Å². The quantitative estimate of drug-likeness (QED) is 0.856. The third-order valence-electron chi connectivity index (χ3n) is 3.16. The standard InChI is InChI=1S/C16H20N4O2/c1-4-22-13-7-5-6-12(10-13)11(2)18-15-9-8-14(19-20-15)16(21)17-3/h5-11H,4H2,1-3H3,(H,17,21)(H,18,20). The molecule has 0 saturated carbocycles. The minimum atomic E-state index is -0.253. The number of nitrogens with one attached hydrogen (secondary N) is 2. The van der Waals surface area contributed by atoms with E-state index in [0.717, 1.165) is 11.3 Å². The van der Waals surface area contributed by atoms with Crippen LogP contribution in [0.15, 0.2) is 36.4 Å². The molecule has 2 N–H and O–H groups in total. The fourth-order valence-electron chi connectivity index (χ4n) is 2.00. The lowest BCUT2D eigenvalue weighted by atomic mass is 10.1. The highest BCUT2D eigenvalue weighted by atomic mass is 16.5. The molecule has 0 radical (unpaired) electrons. The van der Waals surface area contributed by atoms with Crippen molar-refractivity contribution in [1.82, 2.24) is 15.5 Å². The third kappa shape index (κ3) is 3.94. The summed E-state index contributed by atoms with van der Waals surface area (Å²) in [6, 6.07) is 11.3. The van der Waals surface area contributed by atoms with Gasteiger partial charge in [0.1, 0.15) is 11.6 Å². The Bertz CT molecular complexity index is 628. The van der Waals surface area contributed by atoms with Crippen LogP contribution in [0.5, 0.6) is 5.75 Å². The van der Waals surface area contributed by atoms with Gasteiger partial charge < -0.3 is 15.4 Å². The SMILES string of the molecule is CCOc1cccc(C(C)Nc2ccc(C(=O)NC)nn2)c1. The minimum absolute atomic E-state index is 0.0422. The van der Waals surface area contributed by atoms with Crippen molar-refractivity contribution < 1.29 is 9.53 Å². The normalized spacial score (nSPS) is 11.6. The first-order valence-corrected chi connectivity index (χ1v) is 7.19. The number of carbonyl (C=O) groups is 1. The molecule has 22 heavy (non-hydrogen) atoms. The molecule has 6 nitrogen and oxygen atoms in total. The average Bonchev–Trinajstić information content (AvgIpc) is 2.55. The van der Waals surface area contributed by atoms with Gasteiger partial charge in [-0.15, -0.1) is 10.2 Å². The second-order valence-corrected chi connectivity index (χ2v) is 4.75. The Balaban J connectivity index is 2.06. The summed E-state index contributed by atoms with van der Waals surface area (Å²) in [5.41, 5.74) is 1.38. The van der Waals surface area contributed by atoms with Crippen molar-refractivity contribution in [3.8, 4) is 5.75 Å². The molecule has 1 atom stereocenters. The smallest absolute Gasteiger partial charge is 0.271 e. The van der Waals surface area contributed by atoms with Gasteiger partial charge in [0.25, 0.3) is 5.91 Å². The second-order valence-electron chi connectivity index (χ2n) is 4.75. The van der Waals surface area contributed by atoms with Crippen molar-refractivity contribution >= 4 is 11.7 Å². The molecule has 0 spiro atoms. The van der Waals surface area contributed by atoms with Crippen LogP contribution < -0.4 is 15.4 Å². The molecule has 1 amide bonds. The fraction of sp³-hybridized carbons (Fsp3) is 0.312. The van der Waals surface area contributed by atoms with E-state index in [2.05, 4.69) is 20.8 Å². The van der Waals surface area contributed by atoms with Crippen LogP contribution in [0.25, 0.3) is 0 Å². The maximum atomic E-state index is 11.4. The Morgan fingerprint density at radius 2 is 2.09 bits per heavy atom. The van der Waals surface area contributed by atoms with E-state index in [0.29, 0.717) is 18.1 Å². The lowest BCUT2D eigenvalue weighted by Gasteiger charge is -2.15. The molecule has 0 fully saturated rings. The van der Waals surface area contributed by atoms with E-state index < -0.39 is 0 Å². The molecule has 0 bridgehead atoms. The molecule has 1 aromatic carbocycles. The largest absolute Gasteiger partial charge is 0.494 e. The molecule has 0 aliphatic carbocycles. The van der Waals surface area contributed by atoms with E-state index in [-0.39, 0.29) is 11.9 Å². The van der Waals surface area contributed by atoms with Gasteiger partial charge in [-0.05, 0) is 43.7 Å². The van der Waals surface area contributed by atoms with Gasteiger partial charge >= 0.3 is 0 Å². The molecular formula is C16H20N4O2. The highest BCUT2D eigenvalue weighted by Gasteiger charge is 2.09. The summed E-state index contributed by atoms with van der Waals surface area (Å²) >= 11 is 0. The summed E-state index contributed by atoms with van der Waals surface area (Å²) in [6.07, 6.45) is 0. The van der Waals surface area contributed by atoms with Crippen LogP contribution in [0.3, 0.4) is 0 Å². The molecule has 2 rings (SSSR count). The van der Waals surface area contributed by atoms with Crippen molar-refractivity contribution in [2.75, 3.05) is 19.0 Å². The predicted octanol–water partition coefficient (Wildman–Crippen LogP) is 2.41. The van der Waals surface area contributed by atoms with E-state index in [9.17, 15) is 4.79 Å². The van der Waals surface area contributed by atoms with Gasteiger partial charge in [-0.2, -0.15) is 0 Å². The summed E-state index contributed by atoms with van der Waals surface area (Å²) in [5, 5.41) is 13.7. The molecule has 0 aliphatic rings. The number of hydrogen-bond donors (Lipinski definition) is 2. The number of nitrogens with zero attached hydrogens (tertiary/aromatic N) is 2. The van der Waals surface area contributed by atoms with Gasteiger partial charge in [0.15, 0.2) is 5.69 Å². The highest BCUT2D eigenvalue weighted by molar-refractivity contribution is 5.91. The van der Waals surface area contributed by atoms with Gasteiger partial charge in [0.2, 0.25) is 0 Å². The fourth-order valence-corrected chi connectivity index (χ4v) is 2.00. The number of amides is 1. The van der Waals surface area contributed by atoms with Crippen LogP contribution in [0.4, 0.5) is 5.82 Å². The Labute approximate surface area is 129 Å². The summed E-state index contributed by atoms with van der Waals surface area (Å²) in [5.74, 6) is 1.20. The third-order valence-corrected chi connectivity index (χ3v) is 3.16. The second kappa shape index (κ2) is 7.40. The number of anilines is 1. The zero-order valence-electron chi connectivity index (χ0n) is 13.0. The van der Waals surface area contributed by atoms with Gasteiger partial charge in [-0.1, -0.05) is 12.1 Å². The van der Waals surface area contributed by atoms with Gasteiger partial charge in [-0.3, -0.25) is 4.79 Å². The zero-order valence-corrected chi connectivity index (χ0v) is 13.0. The molecule has 0 saturated heterocycles. The molecule has 1 aromatic heterocycles. The van der Waals surface area contributed by atoms with Crippen LogP contribution in [-0.4, -0.2) is 29.8 Å². The number of hydrogen-bond acceptors (Lipinski definition) is 5. The van der Waals surface area contributed by atoms with Crippen molar-refractivity contribution in [2.45, 2.75) is 19.9 Å². The van der Waals surface area contributed by atoms with E-state index in [1.807, 2.05) is 38.1 Å². The lowest BCUT2D eigenvalue weighted by Crippen LogP contribution is -2.20. The van der Waals surface area contributed by atoms with Crippen LogP contribution in [0.2, 0.25) is 0 Å². The summed E-state index contributed by atoms with van der Waals surface area (Å²) in [4.78, 5) is 11.4. The van der Waals surface area contributed by atoms with Crippen molar-refractivity contribution in [3.05, 3.63) is 47.7 Å².